The number of thiophene rings is 1. The zero-order valence-electron chi connectivity index (χ0n) is 16.2. The van der Waals surface area contributed by atoms with Crippen molar-refractivity contribution in [3.05, 3.63) is 46.3 Å². The van der Waals surface area contributed by atoms with Gasteiger partial charge in [-0.1, -0.05) is 19.9 Å². The van der Waals surface area contributed by atoms with Crippen LogP contribution in [0.5, 0.6) is 5.75 Å². The Labute approximate surface area is 177 Å². The highest BCUT2D eigenvalue weighted by Crippen LogP contribution is 2.33. The molecule has 0 fully saturated rings. The van der Waals surface area contributed by atoms with Gasteiger partial charge in [0.25, 0.3) is 5.91 Å². The number of hydrogen-bond donors (Lipinski definition) is 2. The first-order valence-electron chi connectivity index (χ1n) is 8.93. The maximum Gasteiger partial charge on any atom is 0.267 e. The molecule has 0 spiro atoms. The van der Waals surface area contributed by atoms with Crippen LogP contribution in [0.1, 0.15) is 29.2 Å². The Morgan fingerprint density at radius 1 is 1.24 bits per heavy atom. The maximum atomic E-state index is 12.8. The fourth-order valence-electron chi connectivity index (χ4n) is 2.78. The number of nitrogens with zero attached hydrogens (tertiary/aromatic N) is 2. The lowest BCUT2D eigenvalue weighted by Crippen LogP contribution is -2.30. The van der Waals surface area contributed by atoms with Crippen LogP contribution in [0.15, 0.2) is 40.6 Å². The van der Waals surface area contributed by atoms with Crippen LogP contribution in [0.3, 0.4) is 0 Å². The second-order valence-corrected chi connectivity index (χ2v) is 10.0. The molecule has 10 heteroatoms. The number of rotatable bonds is 7. The normalized spacial score (nSPS) is 11.7. The molecular weight excluding hydrogens is 430 g/mol. The number of sulfonamides is 1. The van der Waals surface area contributed by atoms with Crippen LogP contribution in [0.2, 0.25) is 0 Å². The Hall–Kier alpha value is -2.27. The Kier molecular flexibility index (Phi) is 6.37. The van der Waals surface area contributed by atoms with Gasteiger partial charge in [0, 0.05) is 13.1 Å². The van der Waals surface area contributed by atoms with Gasteiger partial charge in [0.05, 0.1) is 21.2 Å². The van der Waals surface area contributed by atoms with E-state index in [9.17, 15) is 18.3 Å². The summed E-state index contributed by atoms with van der Waals surface area (Å²) in [5, 5.41) is 15.4. The first-order valence-corrected chi connectivity index (χ1v) is 12.1. The fourth-order valence-corrected chi connectivity index (χ4v) is 6.02. The van der Waals surface area contributed by atoms with Gasteiger partial charge in [0.1, 0.15) is 15.6 Å². The van der Waals surface area contributed by atoms with Gasteiger partial charge in [-0.05, 0) is 36.6 Å². The molecule has 1 amide bonds. The lowest BCUT2D eigenvalue weighted by molar-refractivity contribution is 0.102. The molecule has 0 unspecified atom stereocenters. The summed E-state index contributed by atoms with van der Waals surface area (Å²) < 4.78 is 26.8. The van der Waals surface area contributed by atoms with Gasteiger partial charge in [0.2, 0.25) is 10.0 Å². The van der Waals surface area contributed by atoms with Gasteiger partial charge in [-0.15, -0.1) is 22.7 Å². The Morgan fingerprint density at radius 2 is 1.97 bits per heavy atom. The van der Waals surface area contributed by atoms with E-state index in [-0.39, 0.29) is 16.3 Å². The summed E-state index contributed by atoms with van der Waals surface area (Å²) in [6.07, 6.45) is 0. The Bertz CT molecular complexity index is 1120. The minimum Gasteiger partial charge on any atom is -0.506 e. The van der Waals surface area contributed by atoms with Crippen LogP contribution in [-0.4, -0.2) is 41.8 Å². The maximum absolute atomic E-state index is 12.8. The monoisotopic (exact) mass is 451 g/mol. The lowest BCUT2D eigenvalue weighted by Gasteiger charge is -2.19. The number of phenolic OH excluding ortho intramolecular Hbond substituents is 1. The first kappa shape index (κ1) is 21.4. The zero-order valence-corrected chi connectivity index (χ0v) is 18.6. The average Bonchev–Trinajstić information content (AvgIpc) is 3.33. The van der Waals surface area contributed by atoms with E-state index in [0.29, 0.717) is 23.7 Å². The topological polar surface area (TPSA) is 99.6 Å². The Morgan fingerprint density at radius 3 is 2.59 bits per heavy atom. The van der Waals surface area contributed by atoms with Gasteiger partial charge in [-0.25, -0.2) is 13.4 Å². The van der Waals surface area contributed by atoms with Crippen molar-refractivity contribution in [2.45, 2.75) is 25.7 Å². The van der Waals surface area contributed by atoms with Gasteiger partial charge < -0.3 is 10.4 Å². The summed E-state index contributed by atoms with van der Waals surface area (Å²) >= 11 is 2.78. The highest BCUT2D eigenvalue weighted by atomic mass is 32.2. The van der Waals surface area contributed by atoms with Crippen LogP contribution < -0.4 is 5.32 Å². The van der Waals surface area contributed by atoms with Crippen LogP contribution in [-0.2, 0) is 10.0 Å². The number of nitrogens with one attached hydrogen (secondary N) is 1. The number of phenols is 1. The molecule has 2 heterocycles. The molecule has 0 atom stereocenters. The lowest BCUT2D eigenvalue weighted by atomic mass is 10.2. The second-order valence-electron chi connectivity index (χ2n) is 6.13. The summed E-state index contributed by atoms with van der Waals surface area (Å²) in [5.41, 5.74) is 0.607. The quantitative estimate of drug-likeness (QED) is 0.525. The van der Waals surface area contributed by atoms with Crippen molar-refractivity contribution in [1.29, 1.82) is 0 Å². The molecule has 154 valence electrons. The van der Waals surface area contributed by atoms with E-state index in [4.69, 9.17) is 0 Å². The van der Waals surface area contributed by atoms with Crippen LogP contribution >= 0.6 is 22.7 Å². The van der Waals surface area contributed by atoms with E-state index in [1.165, 1.54) is 45.2 Å². The highest BCUT2D eigenvalue weighted by Gasteiger charge is 2.24. The molecule has 7 nitrogen and oxygen atoms in total. The summed E-state index contributed by atoms with van der Waals surface area (Å²) in [5.74, 6) is -0.659. The summed E-state index contributed by atoms with van der Waals surface area (Å²) in [6.45, 7) is 5.90. The molecule has 3 rings (SSSR count). The van der Waals surface area contributed by atoms with Gasteiger partial charge in [-0.2, -0.15) is 4.31 Å². The van der Waals surface area contributed by atoms with E-state index in [2.05, 4.69) is 10.3 Å². The highest BCUT2D eigenvalue weighted by molar-refractivity contribution is 7.89. The molecule has 0 radical (unpaired) electrons. The van der Waals surface area contributed by atoms with Crippen molar-refractivity contribution >= 4 is 44.3 Å². The van der Waals surface area contributed by atoms with Crippen LogP contribution in [0.4, 0.5) is 5.69 Å². The van der Waals surface area contributed by atoms with E-state index in [1.807, 2.05) is 17.5 Å². The van der Waals surface area contributed by atoms with Crippen molar-refractivity contribution in [1.82, 2.24) is 9.29 Å². The molecule has 0 saturated heterocycles. The molecular formula is C19H21N3O4S3. The minimum absolute atomic E-state index is 0.00889. The number of carbonyl (C=O) groups excluding carboxylic acids is 1. The molecule has 0 bridgehead atoms. The molecule has 0 saturated carbocycles. The number of thiazole rings is 1. The zero-order chi connectivity index (χ0) is 21.2. The van der Waals surface area contributed by atoms with Crippen molar-refractivity contribution in [2.75, 3.05) is 18.4 Å². The molecule has 29 heavy (non-hydrogen) atoms. The Balaban J connectivity index is 1.90. The first-order chi connectivity index (χ1) is 13.8. The molecule has 2 N–H and O–H groups in total. The molecule has 0 aliphatic carbocycles. The number of anilines is 1. The summed E-state index contributed by atoms with van der Waals surface area (Å²) in [6, 6.07) is 7.71. The van der Waals surface area contributed by atoms with E-state index in [0.717, 1.165) is 9.88 Å². The van der Waals surface area contributed by atoms with Gasteiger partial charge >= 0.3 is 0 Å². The van der Waals surface area contributed by atoms with Crippen molar-refractivity contribution in [3.8, 4) is 15.6 Å². The van der Waals surface area contributed by atoms with Gasteiger partial charge in [0.15, 0.2) is 0 Å². The molecule has 0 aliphatic heterocycles. The molecule has 1 aromatic carbocycles. The minimum atomic E-state index is -3.71. The number of hydrogen-bond acceptors (Lipinski definition) is 7. The standard InChI is InChI=1S/C19H21N3O4S3/c1-4-22(5-2)29(25,26)13-8-9-15(23)14(11-13)21-18(24)17-12(3)20-19(28-17)16-7-6-10-27-16/h6-11,23H,4-5H2,1-3H3,(H,21,24). The van der Waals surface area contributed by atoms with E-state index < -0.39 is 15.9 Å². The summed E-state index contributed by atoms with van der Waals surface area (Å²) in [4.78, 5) is 18.6. The third-order valence-electron chi connectivity index (χ3n) is 4.29. The van der Waals surface area contributed by atoms with Crippen LogP contribution in [0.25, 0.3) is 9.88 Å². The largest absolute Gasteiger partial charge is 0.506 e. The third kappa shape index (κ3) is 4.35. The number of aryl methyl sites for hydroxylation is 1. The van der Waals surface area contributed by atoms with E-state index >= 15 is 0 Å². The summed E-state index contributed by atoms with van der Waals surface area (Å²) in [7, 11) is -3.71. The fraction of sp³-hybridized carbons (Fsp3) is 0.263. The van der Waals surface area contributed by atoms with Crippen molar-refractivity contribution in [2.24, 2.45) is 0 Å². The average molecular weight is 452 g/mol. The molecule has 2 aromatic heterocycles. The van der Waals surface area contributed by atoms with Crippen molar-refractivity contribution in [3.63, 3.8) is 0 Å². The number of aromatic nitrogens is 1. The number of benzene rings is 1. The van der Waals surface area contributed by atoms with Crippen molar-refractivity contribution < 1.29 is 18.3 Å². The number of carbonyl (C=O) groups is 1. The SMILES string of the molecule is CCN(CC)S(=O)(=O)c1ccc(O)c(NC(=O)c2sc(-c3cccs3)nc2C)c1. The molecule has 0 aliphatic rings. The predicted octanol–water partition coefficient (Wildman–Crippen LogP) is 4.17. The number of aromatic hydroxyl groups is 1. The van der Waals surface area contributed by atoms with Crippen LogP contribution in [0, 0.1) is 6.92 Å². The number of amides is 1. The smallest absolute Gasteiger partial charge is 0.267 e. The van der Waals surface area contributed by atoms with E-state index in [1.54, 1.807) is 20.8 Å². The van der Waals surface area contributed by atoms with Gasteiger partial charge in [-0.3, -0.25) is 4.79 Å². The second kappa shape index (κ2) is 8.62. The third-order valence-corrected chi connectivity index (χ3v) is 8.54. The predicted molar refractivity (Wildman–Crippen MR) is 116 cm³/mol. The molecule has 3 aromatic rings.